The van der Waals surface area contributed by atoms with Crippen molar-refractivity contribution in [1.29, 1.82) is 0 Å². The number of nitrogens with one attached hydrogen (secondary N) is 1. The van der Waals surface area contributed by atoms with Crippen LogP contribution in [0.15, 0.2) is 0 Å². The van der Waals surface area contributed by atoms with Gasteiger partial charge in [0.15, 0.2) is 0 Å². The molecule has 5 heteroatoms. The molecule has 0 aromatic rings. The Labute approximate surface area is 123 Å². The number of halogens is 2. The van der Waals surface area contributed by atoms with Crippen LogP contribution in [0.4, 0.5) is 0 Å². The van der Waals surface area contributed by atoms with Gasteiger partial charge in [0.25, 0.3) is 0 Å². The average Bonchev–Trinajstić information content (AvgIpc) is 2.85. The number of hydrogen-bond acceptors (Lipinski definition) is 3. The zero-order valence-electron chi connectivity index (χ0n) is 11.2. The highest BCUT2D eigenvalue weighted by atomic mass is 35.5. The minimum atomic E-state index is 0. The van der Waals surface area contributed by atoms with E-state index >= 15 is 0 Å². The first-order chi connectivity index (χ1) is 7.82. The summed E-state index contributed by atoms with van der Waals surface area (Å²) in [6.45, 7) is 7.29. The van der Waals surface area contributed by atoms with Crippen molar-refractivity contribution in [3.05, 3.63) is 0 Å². The smallest absolute Gasteiger partial charge is 0.0509 e. The molecule has 1 N–H and O–H groups in total. The van der Waals surface area contributed by atoms with Gasteiger partial charge in [-0.3, -0.25) is 0 Å². The van der Waals surface area contributed by atoms with Crippen LogP contribution in [0.2, 0.25) is 0 Å². The van der Waals surface area contributed by atoms with Crippen molar-refractivity contribution in [2.75, 3.05) is 46.4 Å². The Morgan fingerprint density at radius 3 is 2.67 bits per heavy atom. The van der Waals surface area contributed by atoms with E-state index in [4.69, 9.17) is 4.74 Å². The van der Waals surface area contributed by atoms with E-state index < -0.39 is 0 Å². The highest BCUT2D eigenvalue weighted by Crippen LogP contribution is 2.42. The molecule has 0 radical (unpaired) electrons. The van der Waals surface area contributed by atoms with Crippen LogP contribution in [0.25, 0.3) is 0 Å². The maximum Gasteiger partial charge on any atom is 0.0509 e. The van der Waals surface area contributed by atoms with Crippen molar-refractivity contribution in [2.24, 2.45) is 17.3 Å². The fraction of sp³-hybridized carbons (Fsp3) is 1.00. The zero-order valence-corrected chi connectivity index (χ0v) is 12.8. The second-order valence-corrected chi connectivity index (χ2v) is 6.08. The fourth-order valence-corrected chi connectivity index (χ4v) is 3.63. The Kier molecular flexibility index (Phi) is 6.20. The summed E-state index contributed by atoms with van der Waals surface area (Å²) in [7, 11) is 1.85. The van der Waals surface area contributed by atoms with Gasteiger partial charge >= 0.3 is 0 Å². The predicted molar refractivity (Wildman–Crippen MR) is 78.9 cm³/mol. The lowest BCUT2D eigenvalue weighted by molar-refractivity contribution is 0.103. The van der Waals surface area contributed by atoms with Crippen LogP contribution < -0.4 is 5.32 Å². The monoisotopic (exact) mass is 296 g/mol. The van der Waals surface area contributed by atoms with Gasteiger partial charge in [-0.1, -0.05) is 0 Å². The molecule has 1 spiro atoms. The molecule has 2 heterocycles. The van der Waals surface area contributed by atoms with E-state index in [1.165, 1.54) is 52.0 Å². The molecule has 3 nitrogen and oxygen atoms in total. The van der Waals surface area contributed by atoms with Crippen LogP contribution in [0, 0.1) is 17.3 Å². The summed E-state index contributed by atoms with van der Waals surface area (Å²) >= 11 is 0. The number of nitrogens with zero attached hydrogens (tertiary/aromatic N) is 1. The third-order valence-electron chi connectivity index (χ3n) is 4.74. The molecule has 2 saturated heterocycles. The topological polar surface area (TPSA) is 24.5 Å². The molecule has 3 aliphatic rings. The molecule has 3 fully saturated rings. The molecule has 1 saturated carbocycles. The van der Waals surface area contributed by atoms with Gasteiger partial charge in [-0.05, 0) is 31.7 Å². The summed E-state index contributed by atoms with van der Waals surface area (Å²) in [4.78, 5) is 2.70. The standard InChI is InChI=1S/C13H24N2O.2ClH/c1-16-8-12-7-15(6-11-2-3-11)10-13(12)4-5-14-9-13;;/h11-12,14H,2-10H2,1H3;2*1H/t12-,13+;;/m1../s1. The van der Waals surface area contributed by atoms with Gasteiger partial charge in [0.2, 0.25) is 0 Å². The summed E-state index contributed by atoms with van der Waals surface area (Å²) in [5, 5.41) is 3.55. The van der Waals surface area contributed by atoms with Gasteiger partial charge in [0.05, 0.1) is 6.61 Å². The first-order valence-corrected chi connectivity index (χ1v) is 6.74. The molecule has 0 aromatic heterocycles. The van der Waals surface area contributed by atoms with Crippen LogP contribution >= 0.6 is 24.8 Å². The molecule has 0 aromatic carbocycles. The zero-order chi connectivity index (χ0) is 11.0. The molecular weight excluding hydrogens is 271 g/mol. The Balaban J connectivity index is 0.000000810. The number of hydrogen-bond donors (Lipinski definition) is 1. The Morgan fingerprint density at radius 2 is 2.11 bits per heavy atom. The number of methoxy groups -OCH3 is 1. The van der Waals surface area contributed by atoms with E-state index in [9.17, 15) is 0 Å². The second kappa shape index (κ2) is 6.76. The van der Waals surface area contributed by atoms with E-state index in [1.807, 2.05) is 7.11 Å². The van der Waals surface area contributed by atoms with Gasteiger partial charge < -0.3 is 15.0 Å². The largest absolute Gasteiger partial charge is 0.384 e. The van der Waals surface area contributed by atoms with Crippen LogP contribution in [-0.4, -0.2) is 51.3 Å². The molecule has 0 bridgehead atoms. The number of ether oxygens (including phenoxy) is 1. The lowest BCUT2D eigenvalue weighted by Crippen LogP contribution is -2.35. The first kappa shape index (κ1) is 16.5. The normalized spacial score (nSPS) is 35.5. The van der Waals surface area contributed by atoms with Crippen molar-refractivity contribution in [2.45, 2.75) is 19.3 Å². The number of likely N-dealkylation sites (tertiary alicyclic amines) is 1. The van der Waals surface area contributed by atoms with Crippen molar-refractivity contribution in [1.82, 2.24) is 10.2 Å². The highest BCUT2D eigenvalue weighted by Gasteiger charge is 2.48. The van der Waals surface area contributed by atoms with Crippen molar-refractivity contribution < 1.29 is 4.74 Å². The molecule has 18 heavy (non-hydrogen) atoms. The van der Waals surface area contributed by atoms with Gasteiger partial charge in [-0.2, -0.15) is 0 Å². The summed E-state index contributed by atoms with van der Waals surface area (Å²) in [6.07, 6.45) is 4.29. The third kappa shape index (κ3) is 3.31. The van der Waals surface area contributed by atoms with Crippen LogP contribution in [0.5, 0.6) is 0 Å². The lowest BCUT2D eigenvalue weighted by Gasteiger charge is -2.28. The molecule has 0 amide bonds. The van der Waals surface area contributed by atoms with Crippen LogP contribution in [-0.2, 0) is 4.74 Å². The van der Waals surface area contributed by atoms with Gasteiger partial charge in [0, 0.05) is 44.6 Å². The second-order valence-electron chi connectivity index (χ2n) is 6.08. The Morgan fingerprint density at radius 1 is 1.33 bits per heavy atom. The van der Waals surface area contributed by atoms with E-state index in [2.05, 4.69) is 10.2 Å². The maximum atomic E-state index is 5.43. The molecule has 0 unspecified atom stereocenters. The summed E-state index contributed by atoms with van der Waals surface area (Å²) in [5.74, 6) is 1.78. The first-order valence-electron chi connectivity index (χ1n) is 6.74. The SMILES string of the molecule is COC[C@H]1CN(CC2CC2)C[C@@]12CCNC2.Cl.Cl. The van der Waals surface area contributed by atoms with Crippen molar-refractivity contribution >= 4 is 24.8 Å². The van der Waals surface area contributed by atoms with E-state index in [0.29, 0.717) is 5.41 Å². The number of rotatable bonds is 4. The summed E-state index contributed by atoms with van der Waals surface area (Å²) in [5.41, 5.74) is 0.533. The van der Waals surface area contributed by atoms with Crippen LogP contribution in [0.1, 0.15) is 19.3 Å². The molecule has 2 atom stereocenters. The highest BCUT2D eigenvalue weighted by molar-refractivity contribution is 5.85. The maximum absolute atomic E-state index is 5.43. The van der Waals surface area contributed by atoms with Gasteiger partial charge in [-0.15, -0.1) is 24.8 Å². The third-order valence-corrected chi connectivity index (χ3v) is 4.74. The van der Waals surface area contributed by atoms with Gasteiger partial charge in [0.1, 0.15) is 0 Å². The van der Waals surface area contributed by atoms with E-state index in [1.54, 1.807) is 0 Å². The Hall–Kier alpha value is 0.460. The van der Waals surface area contributed by atoms with Crippen molar-refractivity contribution in [3.63, 3.8) is 0 Å². The average molecular weight is 297 g/mol. The minimum Gasteiger partial charge on any atom is -0.384 e. The van der Waals surface area contributed by atoms with Gasteiger partial charge in [-0.25, -0.2) is 0 Å². The Bertz CT molecular complexity index is 255. The minimum absolute atomic E-state index is 0. The van der Waals surface area contributed by atoms with E-state index in [0.717, 1.165) is 18.4 Å². The molecule has 1 aliphatic carbocycles. The summed E-state index contributed by atoms with van der Waals surface area (Å²) < 4.78 is 5.43. The molecular formula is C13H26Cl2N2O. The molecule has 2 aliphatic heterocycles. The predicted octanol–water partition coefficient (Wildman–Crippen LogP) is 1.80. The van der Waals surface area contributed by atoms with Crippen molar-refractivity contribution in [3.8, 4) is 0 Å². The molecule has 3 rings (SSSR count). The van der Waals surface area contributed by atoms with Crippen LogP contribution in [0.3, 0.4) is 0 Å². The lowest BCUT2D eigenvalue weighted by atomic mass is 9.78. The molecule has 108 valence electrons. The fourth-order valence-electron chi connectivity index (χ4n) is 3.63. The summed E-state index contributed by atoms with van der Waals surface area (Å²) in [6, 6.07) is 0. The van der Waals surface area contributed by atoms with E-state index in [-0.39, 0.29) is 24.8 Å². The quantitative estimate of drug-likeness (QED) is 0.856.